The number of nitrogens with zero attached hydrogens (tertiary/aromatic N) is 1. The molecule has 26 heavy (non-hydrogen) atoms. The summed E-state index contributed by atoms with van der Waals surface area (Å²) >= 11 is 11.7. The van der Waals surface area contributed by atoms with Crippen LogP contribution >= 0.6 is 23.2 Å². The largest absolute Gasteiger partial charge is 0.455 e. The molecule has 0 saturated carbocycles. The van der Waals surface area contributed by atoms with E-state index in [-0.39, 0.29) is 16.8 Å². The number of esters is 1. The number of anilines is 1. The molecular weight excluding hydrogens is 375 g/mol. The van der Waals surface area contributed by atoms with Gasteiger partial charge in [0.25, 0.3) is 5.91 Å². The normalized spacial score (nSPS) is 12.9. The minimum Gasteiger partial charge on any atom is -0.455 e. The van der Waals surface area contributed by atoms with Gasteiger partial charge < -0.3 is 10.1 Å². The lowest BCUT2D eigenvalue weighted by atomic mass is 9.86. The van der Waals surface area contributed by atoms with Crippen molar-refractivity contribution in [2.45, 2.75) is 26.2 Å². The van der Waals surface area contributed by atoms with Crippen molar-refractivity contribution >= 4 is 40.9 Å². The van der Waals surface area contributed by atoms with Gasteiger partial charge in [-0.1, -0.05) is 73.8 Å². The molecule has 1 aromatic heterocycles. The molecule has 0 radical (unpaired) electrons. The number of benzene rings is 1. The highest BCUT2D eigenvalue weighted by Gasteiger charge is 2.27. The van der Waals surface area contributed by atoms with E-state index in [0.717, 1.165) is 12.0 Å². The maximum Gasteiger partial charge on any atom is 0.314 e. The third kappa shape index (κ3) is 5.44. The molecule has 5 nitrogen and oxygen atoms in total. The highest BCUT2D eigenvalue weighted by molar-refractivity contribution is 6.36. The number of carbonyl (C=O) groups is 2. The van der Waals surface area contributed by atoms with Gasteiger partial charge in [-0.15, -0.1) is 0 Å². The molecule has 0 aliphatic carbocycles. The minimum atomic E-state index is -0.522. The van der Waals surface area contributed by atoms with E-state index >= 15 is 0 Å². The van der Waals surface area contributed by atoms with E-state index in [0.29, 0.717) is 5.02 Å². The van der Waals surface area contributed by atoms with E-state index in [1.165, 1.54) is 12.3 Å². The molecule has 0 bridgehead atoms. The van der Waals surface area contributed by atoms with Crippen molar-refractivity contribution in [2.24, 2.45) is 5.92 Å². The first kappa shape index (κ1) is 20.2. The van der Waals surface area contributed by atoms with Gasteiger partial charge in [-0.05, 0) is 17.5 Å². The summed E-state index contributed by atoms with van der Waals surface area (Å²) in [4.78, 5) is 28.5. The maximum atomic E-state index is 12.6. The Balaban J connectivity index is 1.99. The average molecular weight is 395 g/mol. The molecule has 0 unspecified atom stereocenters. The summed E-state index contributed by atoms with van der Waals surface area (Å²) in [6.07, 6.45) is 2.18. The van der Waals surface area contributed by atoms with Gasteiger partial charge in [-0.2, -0.15) is 0 Å². The van der Waals surface area contributed by atoms with Gasteiger partial charge in [0.05, 0.1) is 16.0 Å². The molecule has 0 fully saturated rings. The summed E-state index contributed by atoms with van der Waals surface area (Å²) in [6.45, 7) is 3.57. The van der Waals surface area contributed by atoms with Gasteiger partial charge in [0.2, 0.25) is 0 Å². The average Bonchev–Trinajstić information content (AvgIpc) is 2.63. The Labute approximate surface area is 162 Å². The first-order valence-electron chi connectivity index (χ1n) is 8.24. The van der Waals surface area contributed by atoms with Crippen LogP contribution in [0.5, 0.6) is 0 Å². The van der Waals surface area contributed by atoms with Crippen molar-refractivity contribution in [3.63, 3.8) is 0 Å². The number of ether oxygens (including phenoxy) is 1. The van der Waals surface area contributed by atoms with E-state index in [1.807, 2.05) is 44.2 Å². The SMILES string of the molecule is CC[C@H](C)[C@H](C(=O)OCC(=O)Nc1ncc(Cl)cc1Cl)c1ccccc1. The topological polar surface area (TPSA) is 68.3 Å². The zero-order chi connectivity index (χ0) is 19.1. The Hall–Kier alpha value is -2.11. The molecule has 1 N–H and O–H groups in total. The molecule has 1 heterocycles. The van der Waals surface area contributed by atoms with Crippen molar-refractivity contribution in [3.05, 3.63) is 58.2 Å². The fourth-order valence-corrected chi connectivity index (χ4v) is 2.92. The Morgan fingerprint density at radius 1 is 1.23 bits per heavy atom. The van der Waals surface area contributed by atoms with E-state index in [9.17, 15) is 9.59 Å². The number of rotatable bonds is 7. The molecule has 2 aromatic rings. The predicted molar refractivity (Wildman–Crippen MR) is 102 cm³/mol. The van der Waals surface area contributed by atoms with Crippen LogP contribution in [-0.2, 0) is 14.3 Å². The molecule has 2 atom stereocenters. The van der Waals surface area contributed by atoms with Crippen LogP contribution in [0.1, 0.15) is 31.7 Å². The molecule has 2 rings (SSSR count). The van der Waals surface area contributed by atoms with Crippen molar-refractivity contribution in [1.29, 1.82) is 0 Å². The molecular formula is C19H20Cl2N2O3. The number of halogens is 2. The summed E-state index contributed by atoms with van der Waals surface area (Å²) in [5.74, 6) is -1.13. The van der Waals surface area contributed by atoms with Gasteiger partial charge in [0, 0.05) is 6.20 Å². The number of pyridine rings is 1. The Kier molecular flexibility index (Phi) is 7.42. The molecule has 0 aliphatic rings. The Bertz CT molecular complexity index is 769. The second-order valence-electron chi connectivity index (χ2n) is 5.91. The maximum absolute atomic E-state index is 12.6. The highest BCUT2D eigenvalue weighted by atomic mass is 35.5. The van der Waals surface area contributed by atoms with Crippen molar-refractivity contribution in [3.8, 4) is 0 Å². The second-order valence-corrected chi connectivity index (χ2v) is 6.76. The van der Waals surface area contributed by atoms with Gasteiger partial charge in [0.1, 0.15) is 0 Å². The summed E-state index contributed by atoms with van der Waals surface area (Å²) < 4.78 is 5.23. The summed E-state index contributed by atoms with van der Waals surface area (Å²) in [5, 5.41) is 3.06. The van der Waals surface area contributed by atoms with Gasteiger partial charge in [-0.25, -0.2) is 4.98 Å². The van der Waals surface area contributed by atoms with Crippen molar-refractivity contribution in [1.82, 2.24) is 4.98 Å². The first-order chi connectivity index (χ1) is 12.4. The van der Waals surface area contributed by atoms with Crippen molar-refractivity contribution < 1.29 is 14.3 Å². The molecule has 7 heteroatoms. The highest BCUT2D eigenvalue weighted by Crippen LogP contribution is 2.28. The third-order valence-electron chi connectivity index (χ3n) is 4.04. The van der Waals surface area contributed by atoms with Crippen molar-refractivity contribution in [2.75, 3.05) is 11.9 Å². The Morgan fingerprint density at radius 3 is 2.54 bits per heavy atom. The molecule has 0 spiro atoms. The number of hydrogen-bond acceptors (Lipinski definition) is 4. The van der Waals surface area contributed by atoms with Crippen LogP contribution in [0.15, 0.2) is 42.6 Å². The number of carbonyl (C=O) groups excluding carboxylic acids is 2. The second kappa shape index (κ2) is 9.55. The van der Waals surface area contributed by atoms with Gasteiger partial charge >= 0.3 is 5.97 Å². The fourth-order valence-electron chi connectivity index (χ4n) is 2.49. The lowest BCUT2D eigenvalue weighted by molar-refractivity contribution is -0.150. The first-order valence-corrected chi connectivity index (χ1v) is 9.00. The minimum absolute atomic E-state index is 0.0836. The Morgan fingerprint density at radius 2 is 1.92 bits per heavy atom. The van der Waals surface area contributed by atoms with Crippen LogP contribution in [0.4, 0.5) is 5.82 Å². The number of nitrogens with one attached hydrogen (secondary N) is 1. The number of aromatic nitrogens is 1. The van der Waals surface area contributed by atoms with E-state index in [4.69, 9.17) is 27.9 Å². The van der Waals surface area contributed by atoms with Crippen LogP contribution in [0.2, 0.25) is 10.0 Å². The summed E-state index contributed by atoms with van der Waals surface area (Å²) in [6, 6.07) is 10.9. The summed E-state index contributed by atoms with van der Waals surface area (Å²) in [5.41, 5.74) is 0.870. The number of amides is 1. The summed E-state index contributed by atoms with van der Waals surface area (Å²) in [7, 11) is 0. The molecule has 1 amide bonds. The van der Waals surface area contributed by atoms with E-state index < -0.39 is 24.4 Å². The van der Waals surface area contributed by atoms with Crippen LogP contribution in [0.25, 0.3) is 0 Å². The molecule has 0 saturated heterocycles. The lowest BCUT2D eigenvalue weighted by Gasteiger charge is -2.21. The standard InChI is InChI=1S/C19H20Cl2N2O3/c1-3-12(2)17(13-7-5-4-6-8-13)19(25)26-11-16(24)23-18-15(21)9-14(20)10-22-18/h4-10,12,17H,3,11H2,1-2H3,(H,22,23,24)/t12-,17-/m0/s1. The van der Waals surface area contributed by atoms with Crippen LogP contribution in [-0.4, -0.2) is 23.5 Å². The molecule has 138 valence electrons. The smallest absolute Gasteiger partial charge is 0.314 e. The number of hydrogen-bond donors (Lipinski definition) is 1. The van der Waals surface area contributed by atoms with Crippen LogP contribution < -0.4 is 5.32 Å². The lowest BCUT2D eigenvalue weighted by Crippen LogP contribution is -2.27. The monoisotopic (exact) mass is 394 g/mol. The van der Waals surface area contributed by atoms with Gasteiger partial charge in [-0.3, -0.25) is 9.59 Å². The quantitative estimate of drug-likeness (QED) is 0.690. The molecule has 0 aliphatic heterocycles. The van der Waals surface area contributed by atoms with Crippen LogP contribution in [0, 0.1) is 5.92 Å². The van der Waals surface area contributed by atoms with Crippen LogP contribution in [0.3, 0.4) is 0 Å². The van der Waals surface area contributed by atoms with Gasteiger partial charge in [0.15, 0.2) is 12.4 Å². The van der Waals surface area contributed by atoms with E-state index in [2.05, 4.69) is 10.3 Å². The zero-order valence-electron chi connectivity index (χ0n) is 14.5. The fraction of sp³-hybridized carbons (Fsp3) is 0.316. The third-order valence-corrected chi connectivity index (χ3v) is 4.53. The zero-order valence-corrected chi connectivity index (χ0v) is 16.1. The predicted octanol–water partition coefficient (Wildman–Crippen LogP) is 4.70. The van der Waals surface area contributed by atoms with E-state index in [1.54, 1.807) is 0 Å². The molecule has 1 aromatic carbocycles.